The molecule has 0 amide bonds. The second kappa shape index (κ2) is 6.72. The van der Waals surface area contributed by atoms with Crippen molar-refractivity contribution < 1.29 is 9.13 Å². The SMILES string of the molecule is CCOCC(CBr)(CBr)c1ccccc1F. The maximum absolute atomic E-state index is 13.8. The quantitative estimate of drug-likeness (QED) is 0.705. The van der Waals surface area contributed by atoms with E-state index in [9.17, 15) is 4.39 Å². The molecule has 0 aliphatic rings. The van der Waals surface area contributed by atoms with Gasteiger partial charge in [-0.25, -0.2) is 4.39 Å². The van der Waals surface area contributed by atoms with Crippen molar-refractivity contribution in [3.63, 3.8) is 0 Å². The minimum atomic E-state index is -0.346. The Hall–Kier alpha value is 0.0700. The summed E-state index contributed by atoms with van der Waals surface area (Å²) < 4.78 is 19.3. The monoisotopic (exact) mass is 352 g/mol. The summed E-state index contributed by atoms with van der Waals surface area (Å²) in [7, 11) is 0. The molecule has 0 unspecified atom stereocenters. The van der Waals surface area contributed by atoms with Crippen LogP contribution in [0.15, 0.2) is 24.3 Å². The van der Waals surface area contributed by atoms with E-state index in [1.54, 1.807) is 6.07 Å². The lowest BCUT2D eigenvalue weighted by Crippen LogP contribution is -2.36. The zero-order chi connectivity index (χ0) is 12.0. The zero-order valence-corrected chi connectivity index (χ0v) is 12.4. The highest BCUT2D eigenvalue weighted by Gasteiger charge is 2.32. The number of alkyl halides is 2. The average Bonchev–Trinajstić information content (AvgIpc) is 2.33. The molecule has 0 aromatic heterocycles. The van der Waals surface area contributed by atoms with E-state index in [-0.39, 0.29) is 11.2 Å². The Morgan fingerprint density at radius 3 is 2.38 bits per heavy atom. The molecule has 16 heavy (non-hydrogen) atoms. The molecule has 4 heteroatoms. The molecule has 0 fully saturated rings. The van der Waals surface area contributed by atoms with E-state index in [1.807, 2.05) is 19.1 Å². The number of benzene rings is 1. The molecular weight excluding hydrogens is 339 g/mol. The van der Waals surface area contributed by atoms with Crippen molar-refractivity contribution in [3.05, 3.63) is 35.6 Å². The summed E-state index contributed by atoms with van der Waals surface area (Å²) in [6, 6.07) is 6.86. The van der Waals surface area contributed by atoms with Gasteiger partial charge in [0.2, 0.25) is 0 Å². The lowest BCUT2D eigenvalue weighted by molar-refractivity contribution is 0.108. The summed E-state index contributed by atoms with van der Waals surface area (Å²) in [4.78, 5) is 0. The van der Waals surface area contributed by atoms with Crippen molar-refractivity contribution in [2.45, 2.75) is 12.3 Å². The van der Waals surface area contributed by atoms with Crippen LogP contribution < -0.4 is 0 Å². The summed E-state index contributed by atoms with van der Waals surface area (Å²) in [5, 5.41) is 1.32. The second-order valence-electron chi connectivity index (χ2n) is 3.66. The van der Waals surface area contributed by atoms with E-state index < -0.39 is 0 Å². The van der Waals surface area contributed by atoms with Crippen molar-refractivity contribution in [1.82, 2.24) is 0 Å². The van der Waals surface area contributed by atoms with Crippen LogP contribution in [0, 0.1) is 5.82 Å². The van der Waals surface area contributed by atoms with Gasteiger partial charge in [-0.3, -0.25) is 0 Å². The fraction of sp³-hybridized carbons (Fsp3) is 0.500. The van der Waals surface area contributed by atoms with Crippen molar-refractivity contribution in [3.8, 4) is 0 Å². The Morgan fingerprint density at radius 2 is 1.88 bits per heavy atom. The van der Waals surface area contributed by atoms with Crippen LogP contribution in [-0.2, 0) is 10.2 Å². The van der Waals surface area contributed by atoms with Crippen LogP contribution in [0.25, 0.3) is 0 Å². The van der Waals surface area contributed by atoms with E-state index >= 15 is 0 Å². The number of hydrogen-bond donors (Lipinski definition) is 0. The van der Waals surface area contributed by atoms with Gasteiger partial charge < -0.3 is 4.74 Å². The normalized spacial score (nSPS) is 11.8. The third-order valence-electron chi connectivity index (χ3n) is 2.54. The van der Waals surface area contributed by atoms with E-state index in [1.165, 1.54) is 6.07 Å². The molecule has 0 radical (unpaired) electrons. The van der Waals surface area contributed by atoms with Crippen LogP contribution in [-0.4, -0.2) is 23.9 Å². The fourth-order valence-corrected chi connectivity index (χ4v) is 3.38. The Balaban J connectivity index is 3.05. The standard InChI is InChI=1S/C12H15Br2FO/c1-2-16-9-12(7-13,8-14)10-5-3-4-6-11(10)15/h3-6H,2,7-9H2,1H3. The molecule has 1 rings (SSSR count). The van der Waals surface area contributed by atoms with Crippen molar-refractivity contribution in [1.29, 1.82) is 0 Å². The maximum atomic E-state index is 13.8. The van der Waals surface area contributed by atoms with Crippen LogP contribution in [0.3, 0.4) is 0 Å². The highest BCUT2D eigenvalue weighted by atomic mass is 79.9. The van der Waals surface area contributed by atoms with Gasteiger partial charge in [0, 0.05) is 22.7 Å². The van der Waals surface area contributed by atoms with Crippen LogP contribution in [0.5, 0.6) is 0 Å². The maximum Gasteiger partial charge on any atom is 0.127 e. The molecule has 0 bridgehead atoms. The van der Waals surface area contributed by atoms with Crippen molar-refractivity contribution >= 4 is 31.9 Å². The van der Waals surface area contributed by atoms with Crippen LogP contribution >= 0.6 is 31.9 Å². The third kappa shape index (κ3) is 3.05. The third-order valence-corrected chi connectivity index (χ3v) is 4.69. The molecule has 1 aromatic carbocycles. The zero-order valence-electron chi connectivity index (χ0n) is 9.18. The Bertz CT molecular complexity index is 327. The highest BCUT2D eigenvalue weighted by molar-refractivity contribution is 9.09. The first kappa shape index (κ1) is 14.1. The van der Waals surface area contributed by atoms with E-state index in [2.05, 4.69) is 31.9 Å². The summed E-state index contributed by atoms with van der Waals surface area (Å²) >= 11 is 6.92. The summed E-state index contributed by atoms with van der Waals surface area (Å²) in [5.41, 5.74) is 0.346. The van der Waals surface area contributed by atoms with Gasteiger partial charge in [-0.15, -0.1) is 0 Å². The molecule has 90 valence electrons. The van der Waals surface area contributed by atoms with Gasteiger partial charge in [0.05, 0.1) is 6.61 Å². The number of rotatable bonds is 6. The molecule has 0 atom stereocenters. The molecule has 0 saturated carbocycles. The lowest BCUT2D eigenvalue weighted by Gasteiger charge is -2.30. The van der Waals surface area contributed by atoms with Gasteiger partial charge in [-0.05, 0) is 18.6 Å². The Kier molecular flexibility index (Phi) is 5.94. The first-order chi connectivity index (χ1) is 7.70. The molecular formula is C12H15Br2FO. The number of ether oxygens (including phenoxy) is 1. The average molecular weight is 354 g/mol. The van der Waals surface area contributed by atoms with Crippen molar-refractivity contribution in [2.24, 2.45) is 0 Å². The van der Waals surface area contributed by atoms with Crippen LogP contribution in [0.1, 0.15) is 12.5 Å². The first-order valence-corrected chi connectivity index (χ1v) is 7.39. The van der Waals surface area contributed by atoms with Crippen LogP contribution in [0.4, 0.5) is 4.39 Å². The van der Waals surface area contributed by atoms with Gasteiger partial charge in [-0.1, -0.05) is 50.1 Å². The Morgan fingerprint density at radius 1 is 1.25 bits per heavy atom. The lowest BCUT2D eigenvalue weighted by atomic mass is 9.85. The number of hydrogen-bond acceptors (Lipinski definition) is 1. The summed E-state index contributed by atoms with van der Waals surface area (Å²) in [6.07, 6.45) is 0. The van der Waals surface area contributed by atoms with Gasteiger partial charge in [-0.2, -0.15) is 0 Å². The Labute approximate surface area is 113 Å². The minimum Gasteiger partial charge on any atom is -0.381 e. The van der Waals surface area contributed by atoms with Gasteiger partial charge in [0.25, 0.3) is 0 Å². The largest absolute Gasteiger partial charge is 0.381 e. The fourth-order valence-electron chi connectivity index (χ4n) is 1.52. The van der Waals surface area contributed by atoms with Crippen molar-refractivity contribution in [2.75, 3.05) is 23.9 Å². The molecule has 0 spiro atoms. The minimum absolute atomic E-state index is 0.180. The summed E-state index contributed by atoms with van der Waals surface area (Å²) in [5.74, 6) is -0.180. The topological polar surface area (TPSA) is 9.23 Å². The van der Waals surface area contributed by atoms with E-state index in [4.69, 9.17) is 4.74 Å². The second-order valence-corrected chi connectivity index (χ2v) is 4.79. The molecule has 0 aliphatic carbocycles. The van der Waals surface area contributed by atoms with Gasteiger partial charge in [0.15, 0.2) is 0 Å². The smallest absolute Gasteiger partial charge is 0.127 e. The number of halogens is 3. The molecule has 0 N–H and O–H groups in total. The molecule has 1 nitrogen and oxygen atoms in total. The molecule has 0 aliphatic heterocycles. The molecule has 1 aromatic rings. The molecule has 0 heterocycles. The van der Waals surface area contributed by atoms with Crippen LogP contribution in [0.2, 0.25) is 0 Å². The summed E-state index contributed by atoms with van der Waals surface area (Å²) in [6.45, 7) is 3.08. The molecule has 0 saturated heterocycles. The highest BCUT2D eigenvalue weighted by Crippen LogP contribution is 2.31. The predicted molar refractivity (Wildman–Crippen MR) is 72.2 cm³/mol. The van der Waals surface area contributed by atoms with Gasteiger partial charge >= 0.3 is 0 Å². The predicted octanol–water partition coefficient (Wildman–Crippen LogP) is 3.89. The van der Waals surface area contributed by atoms with Gasteiger partial charge in [0.1, 0.15) is 5.82 Å². The van der Waals surface area contributed by atoms with E-state index in [0.717, 1.165) is 0 Å². The first-order valence-electron chi connectivity index (χ1n) is 5.15. The van der Waals surface area contributed by atoms with E-state index in [0.29, 0.717) is 29.4 Å².